The largest absolute Gasteiger partial charge is 0.482 e. The number of hydrogen-bond donors (Lipinski definition) is 1. The standard InChI is InChI=1S/C19H21NO6/c1-12(2)15-7-6-14(9-13(15)3)25-11-18(22)26-10-17(21)20-19(23)16-5-4-8-24-16/h4-9,12H,10-11H2,1-3H3,(H,20,21,23). The fourth-order valence-electron chi connectivity index (χ4n) is 2.35. The summed E-state index contributed by atoms with van der Waals surface area (Å²) in [5, 5.41) is 2.05. The second-order valence-corrected chi connectivity index (χ2v) is 5.98. The van der Waals surface area contributed by atoms with Crippen LogP contribution in [0, 0.1) is 6.92 Å². The summed E-state index contributed by atoms with van der Waals surface area (Å²) >= 11 is 0. The summed E-state index contributed by atoms with van der Waals surface area (Å²) in [6, 6.07) is 8.51. The number of benzene rings is 1. The summed E-state index contributed by atoms with van der Waals surface area (Å²) in [4.78, 5) is 34.8. The summed E-state index contributed by atoms with van der Waals surface area (Å²) in [5.41, 5.74) is 2.28. The Labute approximate surface area is 151 Å². The van der Waals surface area contributed by atoms with Crippen LogP contribution < -0.4 is 10.1 Å². The molecule has 0 fully saturated rings. The normalized spacial score (nSPS) is 10.5. The molecule has 1 aromatic carbocycles. The van der Waals surface area contributed by atoms with Gasteiger partial charge in [0.1, 0.15) is 5.75 Å². The number of esters is 1. The monoisotopic (exact) mass is 359 g/mol. The van der Waals surface area contributed by atoms with Crippen molar-refractivity contribution in [3.63, 3.8) is 0 Å². The zero-order valence-corrected chi connectivity index (χ0v) is 14.9. The number of furan rings is 1. The van der Waals surface area contributed by atoms with Crippen LogP contribution in [0.3, 0.4) is 0 Å². The predicted octanol–water partition coefficient (Wildman–Crippen LogP) is 2.59. The van der Waals surface area contributed by atoms with Crippen LogP contribution in [0.15, 0.2) is 41.0 Å². The molecule has 2 rings (SSSR count). The summed E-state index contributed by atoms with van der Waals surface area (Å²) in [5.74, 6) is -1.23. The van der Waals surface area contributed by atoms with Crippen molar-refractivity contribution in [1.82, 2.24) is 5.32 Å². The van der Waals surface area contributed by atoms with Crippen LogP contribution in [0.5, 0.6) is 5.75 Å². The molecule has 0 unspecified atom stereocenters. The number of ether oxygens (including phenoxy) is 2. The third kappa shape index (κ3) is 5.47. The summed E-state index contributed by atoms with van der Waals surface area (Å²) in [6.07, 6.45) is 1.31. The van der Waals surface area contributed by atoms with Gasteiger partial charge in [0.2, 0.25) is 0 Å². The number of amides is 2. The Bertz CT molecular complexity index is 779. The van der Waals surface area contributed by atoms with Gasteiger partial charge >= 0.3 is 5.97 Å². The van der Waals surface area contributed by atoms with Gasteiger partial charge in [-0.1, -0.05) is 19.9 Å². The van der Waals surface area contributed by atoms with Crippen LogP contribution in [0.25, 0.3) is 0 Å². The first-order valence-corrected chi connectivity index (χ1v) is 8.13. The summed E-state index contributed by atoms with van der Waals surface area (Å²) < 4.78 is 15.0. The molecule has 0 bridgehead atoms. The van der Waals surface area contributed by atoms with Crippen molar-refractivity contribution < 1.29 is 28.3 Å². The molecule has 7 nitrogen and oxygen atoms in total. The smallest absolute Gasteiger partial charge is 0.344 e. The number of rotatable bonds is 7. The zero-order chi connectivity index (χ0) is 19.1. The van der Waals surface area contributed by atoms with Crippen LogP contribution in [-0.2, 0) is 14.3 Å². The molecule has 2 aromatic rings. The fraction of sp³-hybridized carbons (Fsp3) is 0.316. The van der Waals surface area contributed by atoms with E-state index in [0.717, 1.165) is 5.56 Å². The number of aryl methyl sites for hydroxylation is 1. The van der Waals surface area contributed by atoms with Gasteiger partial charge in [0.25, 0.3) is 11.8 Å². The van der Waals surface area contributed by atoms with Gasteiger partial charge in [0.15, 0.2) is 19.0 Å². The van der Waals surface area contributed by atoms with Crippen LogP contribution in [0.2, 0.25) is 0 Å². The zero-order valence-electron chi connectivity index (χ0n) is 14.9. The first-order valence-electron chi connectivity index (χ1n) is 8.13. The van der Waals surface area contributed by atoms with Gasteiger partial charge < -0.3 is 13.9 Å². The molecule has 0 saturated heterocycles. The van der Waals surface area contributed by atoms with Crippen molar-refractivity contribution in [1.29, 1.82) is 0 Å². The van der Waals surface area contributed by atoms with E-state index in [0.29, 0.717) is 11.7 Å². The Kier molecular flexibility index (Phi) is 6.54. The highest BCUT2D eigenvalue weighted by molar-refractivity contribution is 6.03. The van der Waals surface area contributed by atoms with Crippen LogP contribution in [0.1, 0.15) is 41.4 Å². The van der Waals surface area contributed by atoms with Gasteiger partial charge in [-0.15, -0.1) is 0 Å². The molecule has 0 atom stereocenters. The molecule has 26 heavy (non-hydrogen) atoms. The molecule has 1 heterocycles. The minimum absolute atomic E-state index is 0.00627. The van der Waals surface area contributed by atoms with Crippen LogP contribution in [0.4, 0.5) is 0 Å². The third-order valence-corrected chi connectivity index (χ3v) is 3.58. The summed E-state index contributed by atoms with van der Waals surface area (Å²) in [7, 11) is 0. The number of imide groups is 1. The number of hydrogen-bond acceptors (Lipinski definition) is 6. The molecule has 0 spiro atoms. The van der Waals surface area contributed by atoms with E-state index in [4.69, 9.17) is 13.9 Å². The average molecular weight is 359 g/mol. The Balaban J connectivity index is 1.74. The second kappa shape index (κ2) is 8.84. The highest BCUT2D eigenvalue weighted by Crippen LogP contribution is 2.23. The maximum atomic E-state index is 11.7. The SMILES string of the molecule is Cc1cc(OCC(=O)OCC(=O)NC(=O)c2ccco2)ccc1C(C)C. The van der Waals surface area contributed by atoms with Crippen molar-refractivity contribution in [3.05, 3.63) is 53.5 Å². The summed E-state index contributed by atoms with van der Waals surface area (Å²) in [6.45, 7) is 5.25. The molecule has 2 amide bonds. The Morgan fingerprint density at radius 2 is 1.92 bits per heavy atom. The fourth-order valence-corrected chi connectivity index (χ4v) is 2.35. The van der Waals surface area contributed by atoms with E-state index in [1.165, 1.54) is 24.0 Å². The topological polar surface area (TPSA) is 94.8 Å². The maximum Gasteiger partial charge on any atom is 0.344 e. The van der Waals surface area contributed by atoms with Crippen molar-refractivity contribution >= 4 is 17.8 Å². The van der Waals surface area contributed by atoms with E-state index in [9.17, 15) is 14.4 Å². The van der Waals surface area contributed by atoms with Crippen molar-refractivity contribution in [2.24, 2.45) is 0 Å². The molecular weight excluding hydrogens is 338 g/mol. The highest BCUT2D eigenvalue weighted by Gasteiger charge is 2.15. The highest BCUT2D eigenvalue weighted by atomic mass is 16.6. The minimum Gasteiger partial charge on any atom is -0.482 e. The van der Waals surface area contributed by atoms with Gasteiger partial charge in [0.05, 0.1) is 6.26 Å². The molecule has 0 aliphatic heterocycles. The first kappa shape index (κ1) is 19.2. The maximum absolute atomic E-state index is 11.7. The molecule has 1 N–H and O–H groups in total. The van der Waals surface area contributed by atoms with E-state index in [-0.39, 0.29) is 12.4 Å². The molecule has 7 heteroatoms. The van der Waals surface area contributed by atoms with E-state index < -0.39 is 24.4 Å². The van der Waals surface area contributed by atoms with Gasteiger partial charge in [-0.3, -0.25) is 14.9 Å². The average Bonchev–Trinajstić information content (AvgIpc) is 3.12. The van der Waals surface area contributed by atoms with Crippen molar-refractivity contribution in [3.8, 4) is 5.75 Å². The van der Waals surface area contributed by atoms with Gasteiger partial charge in [0, 0.05) is 0 Å². The van der Waals surface area contributed by atoms with Gasteiger partial charge in [-0.25, -0.2) is 4.79 Å². The third-order valence-electron chi connectivity index (χ3n) is 3.58. The van der Waals surface area contributed by atoms with Crippen molar-refractivity contribution in [2.45, 2.75) is 26.7 Å². The number of nitrogens with one attached hydrogen (secondary N) is 1. The van der Waals surface area contributed by atoms with E-state index in [1.54, 1.807) is 6.07 Å². The number of carbonyl (C=O) groups excluding carboxylic acids is 3. The molecule has 0 aliphatic carbocycles. The molecule has 0 aliphatic rings. The predicted molar refractivity (Wildman–Crippen MR) is 92.9 cm³/mol. The Morgan fingerprint density at radius 3 is 2.54 bits per heavy atom. The lowest BCUT2D eigenvalue weighted by Gasteiger charge is -2.12. The van der Waals surface area contributed by atoms with E-state index in [2.05, 4.69) is 13.8 Å². The lowest BCUT2D eigenvalue weighted by molar-refractivity contribution is -0.150. The Morgan fingerprint density at radius 1 is 1.15 bits per heavy atom. The molecule has 138 valence electrons. The van der Waals surface area contributed by atoms with Gasteiger partial charge in [-0.05, 0) is 48.2 Å². The molecule has 1 aromatic heterocycles. The van der Waals surface area contributed by atoms with Crippen molar-refractivity contribution in [2.75, 3.05) is 13.2 Å². The molecular formula is C19H21NO6. The number of carbonyl (C=O) groups is 3. The first-order chi connectivity index (χ1) is 12.4. The molecule has 0 radical (unpaired) electrons. The van der Waals surface area contributed by atoms with E-state index in [1.807, 2.05) is 24.4 Å². The lowest BCUT2D eigenvalue weighted by Crippen LogP contribution is -2.34. The van der Waals surface area contributed by atoms with E-state index >= 15 is 0 Å². The minimum atomic E-state index is -0.753. The lowest BCUT2D eigenvalue weighted by atomic mass is 9.98. The second-order valence-electron chi connectivity index (χ2n) is 5.98. The quantitative estimate of drug-likeness (QED) is 0.764. The van der Waals surface area contributed by atoms with Gasteiger partial charge in [-0.2, -0.15) is 0 Å². The molecule has 0 saturated carbocycles. The van der Waals surface area contributed by atoms with Crippen LogP contribution >= 0.6 is 0 Å². The Hall–Kier alpha value is -3.09. The van der Waals surface area contributed by atoms with Crippen LogP contribution in [-0.4, -0.2) is 31.0 Å².